The lowest BCUT2D eigenvalue weighted by atomic mass is 9.95. The summed E-state index contributed by atoms with van der Waals surface area (Å²) in [5.41, 5.74) is -1.84. The number of benzene rings is 1. The Morgan fingerprint density at radius 1 is 1.26 bits per heavy atom. The Balaban J connectivity index is 1.43. The summed E-state index contributed by atoms with van der Waals surface area (Å²) >= 11 is 2.76. The Hall–Kier alpha value is -1.79. The van der Waals surface area contributed by atoms with Gasteiger partial charge in [0.25, 0.3) is 0 Å². The summed E-state index contributed by atoms with van der Waals surface area (Å²) in [4.78, 5) is 12.6. The minimum Gasteiger partial charge on any atom is -0.461 e. The lowest BCUT2D eigenvalue weighted by Crippen LogP contribution is -2.43. The van der Waals surface area contributed by atoms with Gasteiger partial charge in [0.1, 0.15) is 24.1 Å². The molecule has 4 atom stereocenters. The van der Waals surface area contributed by atoms with Gasteiger partial charge in [-0.15, -0.1) is 0 Å². The van der Waals surface area contributed by atoms with Crippen molar-refractivity contribution in [2.75, 3.05) is 37.7 Å². The fourth-order valence-electron chi connectivity index (χ4n) is 5.96. The van der Waals surface area contributed by atoms with E-state index in [9.17, 15) is 17.6 Å². The van der Waals surface area contributed by atoms with Crippen molar-refractivity contribution in [3.8, 4) is 6.01 Å². The molecule has 4 saturated heterocycles. The fraction of sp³-hybridized carbons (Fsp3) is 0.636. The summed E-state index contributed by atoms with van der Waals surface area (Å²) in [5, 5.41) is -0.0294. The zero-order chi connectivity index (χ0) is 23.8. The number of morpholine rings is 1. The Kier molecular flexibility index (Phi) is 5.24. The minimum atomic E-state index is -4.76. The first-order valence-corrected chi connectivity index (χ1v) is 12.1. The molecule has 2 bridgehead atoms. The summed E-state index contributed by atoms with van der Waals surface area (Å²) in [6, 6.07) is 0.694. The smallest absolute Gasteiger partial charge is 0.417 e. The lowest BCUT2D eigenvalue weighted by Gasteiger charge is -2.31. The van der Waals surface area contributed by atoms with E-state index in [0.717, 1.165) is 31.9 Å². The molecule has 12 heteroatoms. The molecule has 0 saturated carbocycles. The molecule has 0 spiro atoms. The third kappa shape index (κ3) is 3.55. The Bertz CT molecular complexity index is 1150. The number of anilines is 1. The van der Waals surface area contributed by atoms with Crippen molar-refractivity contribution in [1.82, 2.24) is 14.9 Å². The van der Waals surface area contributed by atoms with E-state index in [1.165, 1.54) is 0 Å². The van der Waals surface area contributed by atoms with E-state index in [1.54, 1.807) is 0 Å². The molecule has 34 heavy (non-hydrogen) atoms. The highest BCUT2D eigenvalue weighted by molar-refractivity contribution is 9.10. The SMILES string of the molecule is Fc1c(Br)c(C(F)(F)F)cc2c(N3C[C@H]4C[C@@H]3CO4)nc(OC[C@@]34CCCN3C[C@H](F)C4)nc12. The predicted octanol–water partition coefficient (Wildman–Crippen LogP) is 4.48. The Labute approximate surface area is 200 Å². The van der Waals surface area contributed by atoms with Crippen LogP contribution in [0.3, 0.4) is 0 Å². The van der Waals surface area contributed by atoms with Crippen LogP contribution in [0.2, 0.25) is 0 Å². The average molecular weight is 549 g/mol. The summed E-state index contributed by atoms with van der Waals surface area (Å²) in [6.07, 6.45) is -2.98. The summed E-state index contributed by atoms with van der Waals surface area (Å²) in [6.45, 7) is 2.14. The number of hydrogen-bond donors (Lipinski definition) is 0. The van der Waals surface area contributed by atoms with Gasteiger partial charge in [0.15, 0.2) is 5.82 Å². The van der Waals surface area contributed by atoms with Crippen LogP contribution in [0.4, 0.5) is 27.8 Å². The molecule has 0 N–H and O–H groups in total. The number of nitrogens with zero attached hydrogens (tertiary/aromatic N) is 4. The molecule has 4 fully saturated rings. The van der Waals surface area contributed by atoms with Gasteiger partial charge in [0, 0.05) is 24.9 Å². The molecule has 4 aliphatic heterocycles. The monoisotopic (exact) mass is 548 g/mol. The maximum absolute atomic E-state index is 15.2. The van der Waals surface area contributed by atoms with Crippen LogP contribution in [0.1, 0.15) is 31.2 Å². The zero-order valence-electron chi connectivity index (χ0n) is 18.0. The second-order valence-corrected chi connectivity index (χ2v) is 10.4. The van der Waals surface area contributed by atoms with Crippen LogP contribution in [0, 0.1) is 5.82 Å². The number of alkyl halides is 4. The molecule has 0 aliphatic carbocycles. The highest BCUT2D eigenvalue weighted by Crippen LogP contribution is 2.44. The summed E-state index contributed by atoms with van der Waals surface area (Å²) in [7, 11) is 0. The maximum atomic E-state index is 15.2. The fourth-order valence-corrected chi connectivity index (χ4v) is 6.49. The van der Waals surface area contributed by atoms with Gasteiger partial charge >= 0.3 is 12.2 Å². The number of aromatic nitrogens is 2. The number of fused-ring (bicyclic) bond motifs is 4. The largest absolute Gasteiger partial charge is 0.461 e. The Morgan fingerprint density at radius 3 is 2.79 bits per heavy atom. The molecule has 2 aromatic rings. The van der Waals surface area contributed by atoms with Gasteiger partial charge in [-0.3, -0.25) is 4.90 Å². The number of hydrogen-bond acceptors (Lipinski definition) is 6. The topological polar surface area (TPSA) is 50.7 Å². The number of ether oxygens (including phenoxy) is 2. The van der Waals surface area contributed by atoms with E-state index in [0.29, 0.717) is 26.1 Å². The second-order valence-electron chi connectivity index (χ2n) is 9.64. The molecule has 5 heterocycles. The van der Waals surface area contributed by atoms with Crippen LogP contribution in [0.15, 0.2) is 10.5 Å². The third-order valence-electron chi connectivity index (χ3n) is 7.54. The predicted molar refractivity (Wildman–Crippen MR) is 116 cm³/mol. The van der Waals surface area contributed by atoms with E-state index < -0.39 is 33.7 Å². The molecule has 0 unspecified atom stereocenters. The highest BCUT2D eigenvalue weighted by Gasteiger charge is 2.49. The van der Waals surface area contributed by atoms with Crippen LogP contribution in [-0.2, 0) is 10.9 Å². The first-order chi connectivity index (χ1) is 16.1. The van der Waals surface area contributed by atoms with Crippen LogP contribution in [0.5, 0.6) is 6.01 Å². The maximum Gasteiger partial charge on any atom is 0.417 e. The molecular formula is C22H22BrF5N4O2. The van der Waals surface area contributed by atoms with Crippen molar-refractivity contribution < 1.29 is 31.4 Å². The molecule has 6 rings (SSSR count). The van der Waals surface area contributed by atoms with Crippen LogP contribution in [0.25, 0.3) is 10.9 Å². The van der Waals surface area contributed by atoms with Crippen LogP contribution < -0.4 is 9.64 Å². The van der Waals surface area contributed by atoms with E-state index in [4.69, 9.17) is 9.47 Å². The molecule has 6 nitrogen and oxygen atoms in total. The molecule has 0 radical (unpaired) electrons. The first kappa shape index (κ1) is 22.7. The van der Waals surface area contributed by atoms with Gasteiger partial charge in [0.05, 0.1) is 34.3 Å². The molecule has 4 aliphatic rings. The van der Waals surface area contributed by atoms with Crippen molar-refractivity contribution in [3.05, 3.63) is 21.9 Å². The van der Waals surface area contributed by atoms with E-state index in [-0.39, 0.29) is 41.5 Å². The highest BCUT2D eigenvalue weighted by atomic mass is 79.9. The summed E-state index contributed by atoms with van der Waals surface area (Å²) in [5.74, 6) is -0.924. The number of rotatable bonds is 4. The van der Waals surface area contributed by atoms with E-state index in [1.807, 2.05) is 4.90 Å². The number of halogens is 6. The van der Waals surface area contributed by atoms with Crippen molar-refractivity contribution in [1.29, 1.82) is 0 Å². The van der Waals surface area contributed by atoms with Crippen LogP contribution >= 0.6 is 15.9 Å². The van der Waals surface area contributed by atoms with Gasteiger partial charge in [-0.05, 0) is 47.8 Å². The van der Waals surface area contributed by atoms with Gasteiger partial charge < -0.3 is 14.4 Å². The Morgan fingerprint density at radius 2 is 2.09 bits per heavy atom. The van der Waals surface area contributed by atoms with Crippen molar-refractivity contribution in [2.24, 2.45) is 0 Å². The second kappa shape index (κ2) is 7.86. The third-order valence-corrected chi connectivity index (χ3v) is 8.31. The lowest BCUT2D eigenvalue weighted by molar-refractivity contribution is -0.138. The molecule has 1 aromatic heterocycles. The van der Waals surface area contributed by atoms with Gasteiger partial charge in [-0.1, -0.05) is 0 Å². The molecule has 0 amide bonds. The normalized spacial score (nSPS) is 31.1. The molecule has 184 valence electrons. The van der Waals surface area contributed by atoms with Crippen LogP contribution in [-0.4, -0.2) is 71.6 Å². The quantitative estimate of drug-likeness (QED) is 0.525. The standard InChI is InChI=1S/C22H22BrF5N4O2/c23-16-15(22(26,27)28)5-14-18(17(16)25)29-20(30-19(14)32-8-13-4-12(32)9-33-13)34-10-21-2-1-3-31(21)7-11(24)6-21/h5,11-13H,1-4,6-10H2/t11-,12-,13-,21+/m1/s1. The van der Waals surface area contributed by atoms with Gasteiger partial charge in [0.2, 0.25) is 0 Å². The minimum absolute atomic E-state index is 0.0294. The van der Waals surface area contributed by atoms with Gasteiger partial charge in [-0.25, -0.2) is 8.78 Å². The summed E-state index contributed by atoms with van der Waals surface area (Å²) < 4.78 is 81.0. The van der Waals surface area contributed by atoms with Gasteiger partial charge in [-0.2, -0.15) is 23.1 Å². The van der Waals surface area contributed by atoms with E-state index in [2.05, 4.69) is 30.8 Å². The van der Waals surface area contributed by atoms with Crippen molar-refractivity contribution in [3.63, 3.8) is 0 Å². The zero-order valence-corrected chi connectivity index (χ0v) is 19.6. The van der Waals surface area contributed by atoms with Crippen molar-refractivity contribution >= 4 is 32.7 Å². The van der Waals surface area contributed by atoms with E-state index >= 15 is 4.39 Å². The first-order valence-electron chi connectivity index (χ1n) is 11.3. The average Bonchev–Trinajstić information content (AvgIpc) is 3.54. The van der Waals surface area contributed by atoms with Crippen molar-refractivity contribution in [2.45, 2.75) is 55.7 Å². The molecule has 1 aromatic carbocycles. The molecular weight excluding hydrogens is 527 g/mol.